The molecule has 0 atom stereocenters. The first kappa shape index (κ1) is 16.6. The lowest BCUT2D eigenvalue weighted by molar-refractivity contribution is -0.384. The largest absolute Gasteiger partial charge is 0.434 e. The van der Waals surface area contributed by atoms with Crippen LogP contribution in [0.4, 0.5) is 24.5 Å². The highest BCUT2D eigenvalue weighted by atomic mass is 19.3. The lowest BCUT2D eigenvalue weighted by Crippen LogP contribution is -2.09. The van der Waals surface area contributed by atoms with Gasteiger partial charge in [0, 0.05) is 18.2 Å². The topological polar surface area (TPSA) is 64.4 Å². The second-order valence-corrected chi connectivity index (χ2v) is 4.73. The molecule has 0 aliphatic carbocycles. The zero-order valence-corrected chi connectivity index (χ0v) is 12.1. The summed E-state index contributed by atoms with van der Waals surface area (Å²) in [6, 6.07) is 7.95. The lowest BCUT2D eigenvalue weighted by Gasteiger charge is -2.13. The van der Waals surface area contributed by atoms with Crippen molar-refractivity contribution in [3.63, 3.8) is 0 Å². The number of halogens is 3. The van der Waals surface area contributed by atoms with Crippen molar-refractivity contribution in [2.75, 3.05) is 5.32 Å². The van der Waals surface area contributed by atoms with Gasteiger partial charge >= 0.3 is 6.61 Å². The number of ether oxygens (including phenoxy) is 1. The fraction of sp³-hybridized carbons (Fsp3) is 0.200. The predicted octanol–water partition coefficient (Wildman–Crippen LogP) is 4.26. The first-order chi connectivity index (χ1) is 10.9. The summed E-state index contributed by atoms with van der Waals surface area (Å²) in [5, 5.41) is 13.7. The molecule has 122 valence electrons. The van der Waals surface area contributed by atoms with E-state index in [0.717, 1.165) is 11.6 Å². The lowest BCUT2D eigenvalue weighted by atomic mass is 10.1. The van der Waals surface area contributed by atoms with Crippen LogP contribution in [0.15, 0.2) is 36.4 Å². The normalized spacial score (nSPS) is 10.7. The summed E-state index contributed by atoms with van der Waals surface area (Å²) >= 11 is 0. The third kappa shape index (κ3) is 4.12. The number of rotatable bonds is 6. The Morgan fingerprint density at radius 1 is 1.30 bits per heavy atom. The van der Waals surface area contributed by atoms with Crippen LogP contribution >= 0.6 is 0 Å². The molecule has 0 fully saturated rings. The smallest absolute Gasteiger partial charge is 0.387 e. The minimum atomic E-state index is -3.09. The van der Waals surface area contributed by atoms with Gasteiger partial charge in [0.15, 0.2) is 0 Å². The third-order valence-electron chi connectivity index (χ3n) is 3.10. The number of nitro benzene ring substituents is 1. The Morgan fingerprint density at radius 3 is 2.70 bits per heavy atom. The zero-order valence-electron chi connectivity index (χ0n) is 12.1. The van der Waals surface area contributed by atoms with Crippen LogP contribution in [0.1, 0.15) is 11.1 Å². The maximum Gasteiger partial charge on any atom is 0.387 e. The molecule has 0 aliphatic heterocycles. The fourth-order valence-electron chi connectivity index (χ4n) is 2.05. The minimum Gasteiger partial charge on any atom is -0.434 e. The molecule has 0 unspecified atom stereocenters. The Labute approximate surface area is 129 Å². The van der Waals surface area contributed by atoms with Crippen molar-refractivity contribution in [2.45, 2.75) is 20.1 Å². The number of hydrogen-bond donors (Lipinski definition) is 1. The van der Waals surface area contributed by atoms with Crippen LogP contribution < -0.4 is 10.1 Å². The number of alkyl halides is 2. The van der Waals surface area contributed by atoms with E-state index in [1.807, 2.05) is 0 Å². The van der Waals surface area contributed by atoms with Crippen LogP contribution in [0.25, 0.3) is 0 Å². The molecule has 1 N–H and O–H groups in total. The summed E-state index contributed by atoms with van der Waals surface area (Å²) in [5.74, 6) is -1.06. The van der Waals surface area contributed by atoms with E-state index in [-0.39, 0.29) is 29.2 Å². The summed E-state index contributed by atoms with van der Waals surface area (Å²) in [6.45, 7) is -1.59. The molecule has 0 amide bonds. The standard InChI is InChI=1S/C15H13F3N2O3/c1-9-5-6-13(20(21)22)12(7-9)19-8-10-11(16)3-2-4-14(10)23-15(17)18/h2-7,15,19H,8H2,1H3. The maximum absolute atomic E-state index is 13.8. The number of nitro groups is 1. The molecule has 5 nitrogen and oxygen atoms in total. The van der Waals surface area contributed by atoms with Crippen LogP contribution in [-0.2, 0) is 6.54 Å². The molecule has 0 spiro atoms. The van der Waals surface area contributed by atoms with Crippen molar-refractivity contribution in [1.29, 1.82) is 0 Å². The monoisotopic (exact) mass is 326 g/mol. The van der Waals surface area contributed by atoms with Crippen LogP contribution in [0, 0.1) is 22.9 Å². The van der Waals surface area contributed by atoms with Gasteiger partial charge < -0.3 is 10.1 Å². The van der Waals surface area contributed by atoms with E-state index in [4.69, 9.17) is 0 Å². The average Bonchev–Trinajstić information content (AvgIpc) is 2.45. The molecule has 0 radical (unpaired) electrons. The molecule has 0 saturated carbocycles. The molecule has 0 saturated heterocycles. The average molecular weight is 326 g/mol. The van der Waals surface area contributed by atoms with Crippen LogP contribution in [-0.4, -0.2) is 11.5 Å². The van der Waals surface area contributed by atoms with Crippen molar-refractivity contribution in [3.8, 4) is 5.75 Å². The van der Waals surface area contributed by atoms with E-state index < -0.39 is 17.4 Å². The van der Waals surface area contributed by atoms with E-state index in [2.05, 4.69) is 10.1 Å². The second kappa shape index (κ2) is 6.99. The van der Waals surface area contributed by atoms with Gasteiger partial charge in [-0.15, -0.1) is 0 Å². The van der Waals surface area contributed by atoms with E-state index in [9.17, 15) is 23.3 Å². The van der Waals surface area contributed by atoms with Gasteiger partial charge in [0.1, 0.15) is 17.3 Å². The van der Waals surface area contributed by atoms with Crippen LogP contribution in [0.3, 0.4) is 0 Å². The SMILES string of the molecule is Cc1ccc([N+](=O)[O-])c(NCc2c(F)cccc2OC(F)F)c1. The number of hydrogen-bond acceptors (Lipinski definition) is 4. The van der Waals surface area contributed by atoms with Gasteiger partial charge in [0.25, 0.3) is 5.69 Å². The fourth-order valence-corrected chi connectivity index (χ4v) is 2.05. The summed E-state index contributed by atoms with van der Waals surface area (Å²) in [6.07, 6.45) is 0. The molecule has 0 aliphatic rings. The highest BCUT2D eigenvalue weighted by Gasteiger charge is 2.17. The Kier molecular flexibility index (Phi) is 5.05. The highest BCUT2D eigenvalue weighted by Crippen LogP contribution is 2.28. The van der Waals surface area contributed by atoms with Gasteiger partial charge in [0.2, 0.25) is 0 Å². The van der Waals surface area contributed by atoms with E-state index >= 15 is 0 Å². The summed E-state index contributed by atoms with van der Waals surface area (Å²) in [5.41, 5.74) is 0.601. The number of benzene rings is 2. The number of anilines is 1. The molecule has 8 heteroatoms. The molecule has 0 aromatic heterocycles. The maximum atomic E-state index is 13.8. The van der Waals surface area contributed by atoms with Crippen molar-refractivity contribution in [3.05, 3.63) is 63.5 Å². The molecular formula is C15H13F3N2O3. The Hall–Kier alpha value is -2.77. The van der Waals surface area contributed by atoms with Crippen LogP contribution in [0.5, 0.6) is 5.75 Å². The third-order valence-corrected chi connectivity index (χ3v) is 3.10. The molecule has 0 bridgehead atoms. The summed E-state index contributed by atoms with van der Waals surface area (Å²) < 4.78 is 42.8. The summed E-state index contributed by atoms with van der Waals surface area (Å²) in [4.78, 5) is 10.4. The first-order valence-corrected chi connectivity index (χ1v) is 6.59. The van der Waals surface area contributed by atoms with E-state index in [0.29, 0.717) is 0 Å². The van der Waals surface area contributed by atoms with Crippen LogP contribution in [0.2, 0.25) is 0 Å². The van der Waals surface area contributed by atoms with Crippen molar-refractivity contribution >= 4 is 11.4 Å². The minimum absolute atomic E-state index is 0.136. The zero-order chi connectivity index (χ0) is 17.0. The van der Waals surface area contributed by atoms with Crippen molar-refractivity contribution in [1.82, 2.24) is 0 Å². The van der Waals surface area contributed by atoms with E-state index in [1.54, 1.807) is 13.0 Å². The summed E-state index contributed by atoms with van der Waals surface area (Å²) in [7, 11) is 0. The van der Waals surface area contributed by atoms with Gasteiger partial charge in [0.05, 0.1) is 4.92 Å². The molecule has 0 heterocycles. The molecular weight excluding hydrogens is 313 g/mol. The van der Waals surface area contributed by atoms with Gasteiger partial charge in [-0.2, -0.15) is 8.78 Å². The molecule has 2 aromatic rings. The number of nitrogens with one attached hydrogen (secondary N) is 1. The first-order valence-electron chi connectivity index (χ1n) is 6.59. The van der Waals surface area contributed by atoms with Crippen molar-refractivity contribution in [2.24, 2.45) is 0 Å². The Balaban J connectivity index is 2.28. The predicted molar refractivity (Wildman–Crippen MR) is 78.2 cm³/mol. The Bertz CT molecular complexity index is 723. The second-order valence-electron chi connectivity index (χ2n) is 4.73. The number of aryl methyl sites for hydroxylation is 1. The Morgan fingerprint density at radius 2 is 2.04 bits per heavy atom. The number of nitrogens with zero attached hydrogens (tertiary/aromatic N) is 1. The molecule has 2 rings (SSSR count). The van der Waals surface area contributed by atoms with Crippen molar-refractivity contribution < 1.29 is 22.8 Å². The van der Waals surface area contributed by atoms with Gasteiger partial charge in [-0.3, -0.25) is 10.1 Å². The molecule has 2 aromatic carbocycles. The van der Waals surface area contributed by atoms with Gasteiger partial charge in [-0.25, -0.2) is 4.39 Å². The quantitative estimate of drug-likeness (QED) is 0.636. The van der Waals surface area contributed by atoms with E-state index in [1.165, 1.54) is 24.3 Å². The van der Waals surface area contributed by atoms with Gasteiger partial charge in [-0.05, 0) is 30.7 Å². The molecule has 23 heavy (non-hydrogen) atoms. The highest BCUT2D eigenvalue weighted by molar-refractivity contribution is 5.63. The van der Waals surface area contributed by atoms with Gasteiger partial charge in [-0.1, -0.05) is 12.1 Å².